The number of β-amino-alcohol motifs (C(OH)–C–C–N with tert-alkyl or cyclic N) is 1. The van der Waals surface area contributed by atoms with E-state index in [0.717, 1.165) is 24.8 Å². The van der Waals surface area contributed by atoms with Crippen LogP contribution in [0, 0.1) is 11.8 Å². The highest BCUT2D eigenvalue weighted by molar-refractivity contribution is 4.79. The average Bonchev–Trinajstić information content (AvgIpc) is 3.14. The molecule has 2 aliphatic heterocycles. The van der Waals surface area contributed by atoms with Crippen molar-refractivity contribution in [3.8, 4) is 0 Å². The van der Waals surface area contributed by atoms with Crippen molar-refractivity contribution >= 4 is 0 Å². The van der Waals surface area contributed by atoms with Gasteiger partial charge in [0.2, 0.25) is 0 Å². The molecule has 0 aromatic carbocycles. The third-order valence-electron chi connectivity index (χ3n) is 5.97. The normalized spacial score (nSPS) is 28.4. The Labute approximate surface area is 130 Å². The van der Waals surface area contributed by atoms with Crippen LogP contribution in [-0.2, 0) is 0 Å². The fourth-order valence-electron chi connectivity index (χ4n) is 4.69. The second kappa shape index (κ2) is 7.94. The molecule has 21 heavy (non-hydrogen) atoms. The van der Waals surface area contributed by atoms with Gasteiger partial charge in [0.1, 0.15) is 0 Å². The highest BCUT2D eigenvalue weighted by atomic mass is 16.3. The molecule has 1 aliphatic carbocycles. The van der Waals surface area contributed by atoms with Gasteiger partial charge < -0.3 is 14.9 Å². The highest BCUT2D eigenvalue weighted by Crippen LogP contribution is 2.29. The number of aliphatic hydroxyl groups is 1. The first-order chi connectivity index (χ1) is 10.3. The average molecular weight is 294 g/mol. The number of hydrogen-bond donors (Lipinski definition) is 1. The van der Waals surface area contributed by atoms with Gasteiger partial charge in [-0.25, -0.2) is 0 Å². The molecule has 2 saturated heterocycles. The highest BCUT2D eigenvalue weighted by Gasteiger charge is 2.25. The summed E-state index contributed by atoms with van der Waals surface area (Å²) in [6.45, 7) is 7.34. The smallest absolute Gasteiger partial charge is 0.0669 e. The first kappa shape index (κ1) is 15.8. The second-order valence-electron chi connectivity index (χ2n) is 7.79. The quantitative estimate of drug-likeness (QED) is 0.816. The maximum atomic E-state index is 10.3. The van der Waals surface area contributed by atoms with Crippen molar-refractivity contribution in [2.45, 2.75) is 63.9 Å². The van der Waals surface area contributed by atoms with Gasteiger partial charge in [-0.2, -0.15) is 0 Å². The van der Waals surface area contributed by atoms with Gasteiger partial charge in [0.05, 0.1) is 6.10 Å². The van der Waals surface area contributed by atoms with Gasteiger partial charge in [0.25, 0.3) is 0 Å². The third kappa shape index (κ3) is 4.94. The van der Waals surface area contributed by atoms with Crippen molar-refractivity contribution in [2.24, 2.45) is 11.8 Å². The summed E-state index contributed by atoms with van der Waals surface area (Å²) in [6, 6.07) is 0. The number of hydrogen-bond acceptors (Lipinski definition) is 3. The van der Waals surface area contributed by atoms with Gasteiger partial charge in [0.15, 0.2) is 0 Å². The number of aliphatic hydroxyl groups excluding tert-OH is 1. The molecule has 1 unspecified atom stereocenters. The van der Waals surface area contributed by atoms with Gasteiger partial charge in [-0.1, -0.05) is 25.7 Å². The van der Waals surface area contributed by atoms with Crippen molar-refractivity contribution < 1.29 is 5.11 Å². The maximum absolute atomic E-state index is 10.3. The first-order valence-corrected chi connectivity index (χ1v) is 9.42. The van der Waals surface area contributed by atoms with E-state index in [0.29, 0.717) is 0 Å². The zero-order valence-corrected chi connectivity index (χ0v) is 13.7. The van der Waals surface area contributed by atoms with Crippen molar-refractivity contribution in [3.63, 3.8) is 0 Å². The standard InChI is InChI=1S/C18H34N2O/c21-18(13-16-5-1-2-6-16)15-20-11-7-17(8-12-20)14-19-9-3-4-10-19/h16-18,21H,1-15H2. The van der Waals surface area contributed by atoms with E-state index in [1.165, 1.54) is 84.1 Å². The molecule has 1 atom stereocenters. The number of piperidine rings is 1. The van der Waals surface area contributed by atoms with Crippen LogP contribution in [0.5, 0.6) is 0 Å². The maximum Gasteiger partial charge on any atom is 0.0669 e. The molecule has 3 rings (SSSR count). The fraction of sp³-hybridized carbons (Fsp3) is 1.00. The summed E-state index contributed by atoms with van der Waals surface area (Å²) in [7, 11) is 0. The van der Waals surface area contributed by atoms with Crippen LogP contribution in [0.4, 0.5) is 0 Å². The minimum atomic E-state index is -0.0803. The number of likely N-dealkylation sites (tertiary alicyclic amines) is 2. The van der Waals surface area contributed by atoms with E-state index in [9.17, 15) is 5.11 Å². The molecule has 122 valence electrons. The molecule has 0 spiro atoms. The van der Waals surface area contributed by atoms with Gasteiger partial charge in [-0.3, -0.25) is 0 Å². The van der Waals surface area contributed by atoms with Gasteiger partial charge in [-0.05, 0) is 70.1 Å². The van der Waals surface area contributed by atoms with E-state index in [-0.39, 0.29) is 6.10 Å². The van der Waals surface area contributed by atoms with E-state index in [2.05, 4.69) is 9.80 Å². The Kier molecular flexibility index (Phi) is 5.96. The molecule has 1 N–H and O–H groups in total. The lowest BCUT2D eigenvalue weighted by molar-refractivity contribution is 0.0686. The largest absolute Gasteiger partial charge is 0.392 e. The lowest BCUT2D eigenvalue weighted by atomic mass is 9.95. The van der Waals surface area contributed by atoms with E-state index in [1.54, 1.807) is 0 Å². The van der Waals surface area contributed by atoms with E-state index in [1.807, 2.05) is 0 Å². The Balaban J connectivity index is 1.31. The van der Waals surface area contributed by atoms with E-state index >= 15 is 0 Å². The molecule has 0 amide bonds. The van der Waals surface area contributed by atoms with Crippen LogP contribution < -0.4 is 0 Å². The third-order valence-corrected chi connectivity index (χ3v) is 5.97. The molecular formula is C18H34N2O. The zero-order chi connectivity index (χ0) is 14.5. The molecule has 0 radical (unpaired) electrons. The van der Waals surface area contributed by atoms with Gasteiger partial charge in [0, 0.05) is 13.1 Å². The van der Waals surface area contributed by atoms with Crippen LogP contribution in [0.1, 0.15) is 57.8 Å². The monoisotopic (exact) mass is 294 g/mol. The van der Waals surface area contributed by atoms with Crippen LogP contribution in [0.2, 0.25) is 0 Å². The minimum Gasteiger partial charge on any atom is -0.392 e. The summed E-state index contributed by atoms with van der Waals surface area (Å²) in [6.07, 6.45) is 12.0. The summed E-state index contributed by atoms with van der Waals surface area (Å²) < 4.78 is 0. The van der Waals surface area contributed by atoms with Gasteiger partial charge >= 0.3 is 0 Å². The molecule has 0 aromatic heterocycles. The summed E-state index contributed by atoms with van der Waals surface area (Å²) in [5.41, 5.74) is 0. The van der Waals surface area contributed by atoms with Crippen LogP contribution in [0.3, 0.4) is 0 Å². The van der Waals surface area contributed by atoms with Crippen LogP contribution in [-0.4, -0.2) is 60.3 Å². The van der Waals surface area contributed by atoms with Crippen LogP contribution in [0.25, 0.3) is 0 Å². The first-order valence-electron chi connectivity index (χ1n) is 9.42. The van der Waals surface area contributed by atoms with E-state index < -0.39 is 0 Å². The Morgan fingerprint density at radius 3 is 2.10 bits per heavy atom. The Morgan fingerprint density at radius 1 is 0.762 bits per heavy atom. The SMILES string of the molecule is OC(CC1CCCC1)CN1CCC(CN2CCCC2)CC1. The summed E-state index contributed by atoms with van der Waals surface area (Å²) in [4.78, 5) is 5.18. The minimum absolute atomic E-state index is 0.0803. The zero-order valence-electron chi connectivity index (χ0n) is 13.7. The Morgan fingerprint density at radius 2 is 1.43 bits per heavy atom. The summed E-state index contributed by atoms with van der Waals surface area (Å²) in [5.74, 6) is 1.72. The van der Waals surface area contributed by atoms with Crippen LogP contribution in [0.15, 0.2) is 0 Å². The molecular weight excluding hydrogens is 260 g/mol. The lowest BCUT2D eigenvalue weighted by Crippen LogP contribution is -2.41. The van der Waals surface area contributed by atoms with Gasteiger partial charge in [-0.15, -0.1) is 0 Å². The van der Waals surface area contributed by atoms with Crippen LogP contribution >= 0.6 is 0 Å². The molecule has 1 saturated carbocycles. The van der Waals surface area contributed by atoms with Crippen molar-refractivity contribution in [3.05, 3.63) is 0 Å². The number of nitrogens with zero attached hydrogens (tertiary/aromatic N) is 2. The fourth-order valence-corrected chi connectivity index (χ4v) is 4.69. The molecule has 2 heterocycles. The topological polar surface area (TPSA) is 26.7 Å². The molecule has 0 aromatic rings. The predicted molar refractivity (Wildman–Crippen MR) is 87.4 cm³/mol. The summed E-state index contributed by atoms with van der Waals surface area (Å²) >= 11 is 0. The van der Waals surface area contributed by atoms with Crippen molar-refractivity contribution in [1.29, 1.82) is 0 Å². The summed E-state index contributed by atoms with van der Waals surface area (Å²) in [5, 5.41) is 10.3. The van der Waals surface area contributed by atoms with Crippen molar-refractivity contribution in [2.75, 3.05) is 39.3 Å². The Hall–Kier alpha value is -0.120. The molecule has 3 nitrogen and oxygen atoms in total. The predicted octanol–water partition coefficient (Wildman–Crippen LogP) is 2.74. The molecule has 3 fully saturated rings. The van der Waals surface area contributed by atoms with E-state index in [4.69, 9.17) is 0 Å². The number of rotatable bonds is 6. The lowest BCUT2D eigenvalue weighted by Gasteiger charge is -2.35. The molecule has 0 bridgehead atoms. The second-order valence-corrected chi connectivity index (χ2v) is 7.79. The van der Waals surface area contributed by atoms with Crippen molar-refractivity contribution in [1.82, 2.24) is 9.80 Å². The Bertz CT molecular complexity index is 290. The molecule has 3 aliphatic rings. The molecule has 3 heteroatoms.